The number of nitrogens with one attached hydrogen (secondary N) is 1. The third kappa shape index (κ3) is 3.34. The lowest BCUT2D eigenvalue weighted by Gasteiger charge is -2.29. The van der Waals surface area contributed by atoms with E-state index < -0.39 is 0 Å². The average Bonchev–Trinajstić information content (AvgIpc) is 2.82. The number of halogens is 1. The van der Waals surface area contributed by atoms with Crippen molar-refractivity contribution < 1.29 is 9.21 Å². The fraction of sp³-hybridized carbons (Fsp3) is 0.583. The molecule has 0 radical (unpaired) electrons. The Hall–Kier alpha value is -0.850. The number of furan rings is 1. The molecule has 100 valence electrons. The normalized spacial score (nSPS) is 16.8. The summed E-state index contributed by atoms with van der Waals surface area (Å²) in [6, 6.07) is 1.69. The van der Waals surface area contributed by atoms with Gasteiger partial charge in [0.25, 0.3) is 5.91 Å². The van der Waals surface area contributed by atoms with Gasteiger partial charge in [0.2, 0.25) is 0 Å². The second-order valence-electron chi connectivity index (χ2n) is 4.43. The number of amides is 1. The second kappa shape index (κ2) is 6.36. The first-order valence-electron chi connectivity index (χ1n) is 6.10. The van der Waals surface area contributed by atoms with Gasteiger partial charge in [0.15, 0.2) is 4.67 Å². The van der Waals surface area contributed by atoms with Gasteiger partial charge >= 0.3 is 0 Å². The number of hydrogen-bond donors (Lipinski definition) is 1. The molecule has 1 aromatic rings. The Morgan fingerprint density at radius 3 is 2.89 bits per heavy atom. The number of carbonyl (C=O) groups is 1. The third-order valence-electron chi connectivity index (χ3n) is 3.16. The minimum absolute atomic E-state index is 0.00856. The third-order valence-corrected chi connectivity index (χ3v) is 3.77. The van der Waals surface area contributed by atoms with E-state index in [0.717, 1.165) is 39.3 Å². The van der Waals surface area contributed by atoms with E-state index in [1.807, 2.05) is 7.05 Å². The summed E-state index contributed by atoms with van der Waals surface area (Å²) in [6.45, 7) is 5.82. The molecule has 1 aromatic heterocycles. The summed E-state index contributed by atoms with van der Waals surface area (Å²) in [5.41, 5.74) is 0.581. The summed E-state index contributed by atoms with van der Waals surface area (Å²) < 4.78 is 5.58. The number of likely N-dealkylation sites (N-methyl/N-ethyl adjacent to an activating group) is 1. The van der Waals surface area contributed by atoms with Crippen LogP contribution >= 0.6 is 15.9 Å². The highest BCUT2D eigenvalue weighted by molar-refractivity contribution is 9.10. The van der Waals surface area contributed by atoms with Gasteiger partial charge in [0, 0.05) is 46.3 Å². The van der Waals surface area contributed by atoms with E-state index in [1.165, 1.54) is 6.26 Å². The molecule has 6 heteroatoms. The lowest BCUT2D eigenvalue weighted by molar-refractivity contribution is 0.0773. The number of nitrogens with zero attached hydrogens (tertiary/aromatic N) is 2. The lowest BCUT2D eigenvalue weighted by atomic mass is 10.3. The molecule has 1 aliphatic heterocycles. The summed E-state index contributed by atoms with van der Waals surface area (Å²) >= 11 is 3.23. The topological polar surface area (TPSA) is 48.7 Å². The summed E-state index contributed by atoms with van der Waals surface area (Å²) in [5.74, 6) is -0.00856. The highest BCUT2D eigenvalue weighted by atomic mass is 79.9. The lowest BCUT2D eigenvalue weighted by Crippen LogP contribution is -2.46. The molecule has 0 aromatic carbocycles. The molecule has 0 saturated carbocycles. The number of piperazine rings is 1. The Labute approximate surface area is 115 Å². The standard InChI is InChI=1S/C12H18BrN3O2/c1-15(7-8-16-5-3-14-4-6-16)12(17)10-2-9-18-11(10)13/h2,9,14H,3-8H2,1H3. The summed E-state index contributed by atoms with van der Waals surface area (Å²) in [7, 11) is 1.82. The van der Waals surface area contributed by atoms with Crippen molar-refractivity contribution in [3.8, 4) is 0 Å². The van der Waals surface area contributed by atoms with Crippen molar-refractivity contribution in [3.05, 3.63) is 22.6 Å². The van der Waals surface area contributed by atoms with E-state index in [-0.39, 0.29) is 5.91 Å². The van der Waals surface area contributed by atoms with E-state index in [2.05, 4.69) is 26.1 Å². The van der Waals surface area contributed by atoms with Gasteiger partial charge in [0.1, 0.15) is 0 Å². The monoisotopic (exact) mass is 315 g/mol. The maximum absolute atomic E-state index is 12.1. The van der Waals surface area contributed by atoms with Crippen molar-refractivity contribution in [2.45, 2.75) is 0 Å². The second-order valence-corrected chi connectivity index (χ2v) is 5.15. The molecule has 0 atom stereocenters. The van der Waals surface area contributed by atoms with Crippen LogP contribution in [0.4, 0.5) is 0 Å². The molecule has 1 fully saturated rings. The van der Waals surface area contributed by atoms with Gasteiger partial charge in [0.05, 0.1) is 11.8 Å². The van der Waals surface area contributed by atoms with Crippen LogP contribution in [0.2, 0.25) is 0 Å². The van der Waals surface area contributed by atoms with Gasteiger partial charge in [-0.3, -0.25) is 9.69 Å². The van der Waals surface area contributed by atoms with Crippen LogP contribution in [0.25, 0.3) is 0 Å². The van der Waals surface area contributed by atoms with Crippen molar-refractivity contribution in [1.29, 1.82) is 0 Å². The Morgan fingerprint density at radius 2 is 2.28 bits per heavy atom. The van der Waals surface area contributed by atoms with Crippen molar-refractivity contribution in [3.63, 3.8) is 0 Å². The number of rotatable bonds is 4. The van der Waals surface area contributed by atoms with E-state index in [1.54, 1.807) is 11.0 Å². The maximum Gasteiger partial charge on any atom is 0.258 e. The molecule has 2 rings (SSSR count). The Balaban J connectivity index is 1.82. The smallest absolute Gasteiger partial charge is 0.258 e. The van der Waals surface area contributed by atoms with Crippen LogP contribution in [0.3, 0.4) is 0 Å². The van der Waals surface area contributed by atoms with Crippen LogP contribution in [-0.2, 0) is 0 Å². The molecular formula is C12H18BrN3O2. The van der Waals surface area contributed by atoms with Crippen molar-refractivity contribution in [2.75, 3.05) is 46.3 Å². The maximum atomic E-state index is 12.1. The molecule has 1 saturated heterocycles. The molecule has 1 aliphatic rings. The zero-order valence-corrected chi connectivity index (χ0v) is 12.1. The first-order valence-corrected chi connectivity index (χ1v) is 6.89. The minimum Gasteiger partial charge on any atom is -0.457 e. The molecule has 0 unspecified atom stereocenters. The van der Waals surface area contributed by atoms with Crippen LogP contribution in [0.1, 0.15) is 10.4 Å². The van der Waals surface area contributed by atoms with Gasteiger partial charge in [-0.25, -0.2) is 0 Å². The van der Waals surface area contributed by atoms with Crippen LogP contribution < -0.4 is 5.32 Å². The van der Waals surface area contributed by atoms with E-state index in [4.69, 9.17) is 4.42 Å². The molecule has 1 amide bonds. The van der Waals surface area contributed by atoms with E-state index in [9.17, 15) is 4.79 Å². The molecule has 5 nitrogen and oxygen atoms in total. The van der Waals surface area contributed by atoms with Gasteiger partial charge in [-0.05, 0) is 22.0 Å². The van der Waals surface area contributed by atoms with Crippen LogP contribution in [0.5, 0.6) is 0 Å². The van der Waals surface area contributed by atoms with Gasteiger partial charge in [-0.15, -0.1) is 0 Å². The molecule has 2 heterocycles. The highest BCUT2D eigenvalue weighted by Crippen LogP contribution is 2.18. The molecule has 18 heavy (non-hydrogen) atoms. The largest absolute Gasteiger partial charge is 0.457 e. The fourth-order valence-electron chi connectivity index (χ4n) is 1.98. The average molecular weight is 316 g/mol. The van der Waals surface area contributed by atoms with E-state index in [0.29, 0.717) is 10.2 Å². The highest BCUT2D eigenvalue weighted by Gasteiger charge is 2.18. The van der Waals surface area contributed by atoms with Crippen LogP contribution in [0.15, 0.2) is 21.4 Å². The molecular weight excluding hydrogens is 298 g/mol. The zero-order chi connectivity index (χ0) is 13.0. The predicted molar refractivity (Wildman–Crippen MR) is 72.7 cm³/mol. The Kier molecular flexibility index (Phi) is 4.79. The first-order chi connectivity index (χ1) is 8.68. The number of carbonyl (C=O) groups excluding carboxylic acids is 1. The van der Waals surface area contributed by atoms with E-state index >= 15 is 0 Å². The van der Waals surface area contributed by atoms with Crippen LogP contribution in [0, 0.1) is 0 Å². The minimum atomic E-state index is -0.00856. The summed E-state index contributed by atoms with van der Waals surface area (Å²) in [4.78, 5) is 16.2. The SMILES string of the molecule is CN(CCN1CCNCC1)C(=O)c1ccoc1Br. The van der Waals surface area contributed by atoms with Gasteiger partial charge in [-0.1, -0.05) is 0 Å². The Morgan fingerprint density at radius 1 is 1.56 bits per heavy atom. The zero-order valence-electron chi connectivity index (χ0n) is 10.5. The molecule has 0 bridgehead atoms. The Bertz CT molecular complexity index is 402. The molecule has 1 N–H and O–H groups in total. The molecule has 0 aliphatic carbocycles. The van der Waals surface area contributed by atoms with Gasteiger partial charge < -0.3 is 14.6 Å². The summed E-state index contributed by atoms with van der Waals surface area (Å²) in [6.07, 6.45) is 1.52. The first kappa shape index (κ1) is 13.6. The summed E-state index contributed by atoms with van der Waals surface area (Å²) in [5, 5.41) is 3.31. The van der Waals surface area contributed by atoms with Crippen molar-refractivity contribution >= 4 is 21.8 Å². The predicted octanol–water partition coefficient (Wildman–Crippen LogP) is 1.02. The van der Waals surface area contributed by atoms with Crippen molar-refractivity contribution in [1.82, 2.24) is 15.1 Å². The molecule has 0 spiro atoms. The van der Waals surface area contributed by atoms with Crippen molar-refractivity contribution in [2.24, 2.45) is 0 Å². The number of hydrogen-bond acceptors (Lipinski definition) is 4. The quantitative estimate of drug-likeness (QED) is 0.901. The fourth-order valence-corrected chi connectivity index (χ4v) is 2.39. The van der Waals surface area contributed by atoms with Crippen LogP contribution in [-0.4, -0.2) is 62.0 Å². The van der Waals surface area contributed by atoms with Gasteiger partial charge in [-0.2, -0.15) is 0 Å².